The maximum absolute atomic E-state index is 12.9. The molecule has 1 saturated heterocycles. The van der Waals surface area contributed by atoms with Crippen LogP contribution in [-0.4, -0.2) is 31.3 Å². The molecular weight excluding hydrogens is 366 g/mol. The topological polar surface area (TPSA) is 78.5 Å². The SMILES string of the molecule is CNC(=O)c1ccc(NC(=O)c2ccc(Cl)cc2N2CCCC2=O)c(C)c1. The van der Waals surface area contributed by atoms with Crippen LogP contribution in [0.25, 0.3) is 0 Å². The lowest BCUT2D eigenvalue weighted by atomic mass is 10.1. The number of carbonyl (C=O) groups excluding carboxylic acids is 3. The molecule has 1 heterocycles. The fourth-order valence-corrected chi connectivity index (χ4v) is 3.27. The molecule has 2 N–H and O–H groups in total. The Labute approximate surface area is 162 Å². The van der Waals surface area contributed by atoms with E-state index >= 15 is 0 Å². The molecule has 0 aromatic heterocycles. The van der Waals surface area contributed by atoms with Crippen LogP contribution >= 0.6 is 11.6 Å². The van der Waals surface area contributed by atoms with Crippen LogP contribution in [0.15, 0.2) is 36.4 Å². The van der Waals surface area contributed by atoms with E-state index < -0.39 is 0 Å². The first kappa shape index (κ1) is 18.9. The second-order valence-electron chi connectivity index (χ2n) is 6.37. The minimum Gasteiger partial charge on any atom is -0.355 e. The molecule has 0 aliphatic carbocycles. The maximum atomic E-state index is 12.9. The molecule has 0 saturated carbocycles. The molecular formula is C20H20ClN3O3. The van der Waals surface area contributed by atoms with Crippen molar-refractivity contribution >= 4 is 40.7 Å². The van der Waals surface area contributed by atoms with Gasteiger partial charge in [-0.15, -0.1) is 0 Å². The lowest BCUT2D eigenvalue weighted by Crippen LogP contribution is -2.27. The Morgan fingerprint density at radius 1 is 1.11 bits per heavy atom. The summed E-state index contributed by atoms with van der Waals surface area (Å²) in [4.78, 5) is 38.3. The molecule has 0 unspecified atom stereocenters. The number of halogens is 1. The predicted octanol–water partition coefficient (Wildman–Crippen LogP) is 3.39. The minimum atomic E-state index is -0.336. The van der Waals surface area contributed by atoms with E-state index in [1.807, 2.05) is 6.92 Å². The van der Waals surface area contributed by atoms with Crippen LogP contribution in [-0.2, 0) is 4.79 Å². The zero-order valence-corrected chi connectivity index (χ0v) is 15.9. The van der Waals surface area contributed by atoms with Crippen molar-refractivity contribution < 1.29 is 14.4 Å². The first-order valence-corrected chi connectivity index (χ1v) is 9.02. The summed E-state index contributed by atoms with van der Waals surface area (Å²) in [5.74, 6) is -0.543. The van der Waals surface area contributed by atoms with Crippen molar-refractivity contribution in [1.82, 2.24) is 5.32 Å². The van der Waals surface area contributed by atoms with Gasteiger partial charge in [0.1, 0.15) is 0 Å². The molecule has 7 heteroatoms. The number of rotatable bonds is 4. The van der Waals surface area contributed by atoms with Crippen molar-refractivity contribution in [1.29, 1.82) is 0 Å². The molecule has 140 valence electrons. The molecule has 1 aliphatic heterocycles. The van der Waals surface area contributed by atoms with Crippen molar-refractivity contribution in [3.63, 3.8) is 0 Å². The first-order chi connectivity index (χ1) is 12.9. The largest absolute Gasteiger partial charge is 0.355 e. The summed E-state index contributed by atoms with van der Waals surface area (Å²) in [7, 11) is 1.56. The Bertz CT molecular complexity index is 927. The Hall–Kier alpha value is -2.86. The van der Waals surface area contributed by atoms with Crippen LogP contribution in [0, 0.1) is 6.92 Å². The molecule has 2 aromatic carbocycles. The van der Waals surface area contributed by atoms with E-state index in [4.69, 9.17) is 11.6 Å². The number of benzene rings is 2. The molecule has 1 fully saturated rings. The Morgan fingerprint density at radius 2 is 1.89 bits per heavy atom. The number of aryl methyl sites for hydroxylation is 1. The van der Waals surface area contributed by atoms with Gasteiger partial charge in [0.2, 0.25) is 5.91 Å². The lowest BCUT2D eigenvalue weighted by Gasteiger charge is -2.20. The highest BCUT2D eigenvalue weighted by Gasteiger charge is 2.26. The van der Waals surface area contributed by atoms with E-state index in [2.05, 4.69) is 10.6 Å². The molecule has 3 amide bonds. The van der Waals surface area contributed by atoms with Crippen LogP contribution in [0.2, 0.25) is 5.02 Å². The Balaban J connectivity index is 1.89. The second-order valence-corrected chi connectivity index (χ2v) is 6.81. The molecule has 27 heavy (non-hydrogen) atoms. The van der Waals surface area contributed by atoms with Crippen molar-refractivity contribution in [2.24, 2.45) is 0 Å². The van der Waals surface area contributed by atoms with Gasteiger partial charge in [-0.3, -0.25) is 14.4 Å². The molecule has 1 aliphatic rings. The van der Waals surface area contributed by atoms with E-state index in [1.54, 1.807) is 48.3 Å². The number of nitrogens with one attached hydrogen (secondary N) is 2. The smallest absolute Gasteiger partial charge is 0.257 e. The normalized spacial score (nSPS) is 13.6. The summed E-state index contributed by atoms with van der Waals surface area (Å²) in [6.45, 7) is 2.38. The predicted molar refractivity (Wildman–Crippen MR) is 106 cm³/mol. The average Bonchev–Trinajstić information content (AvgIpc) is 3.08. The monoisotopic (exact) mass is 385 g/mol. The Morgan fingerprint density at radius 3 is 2.52 bits per heavy atom. The van der Waals surface area contributed by atoms with Gasteiger partial charge in [0.25, 0.3) is 11.8 Å². The fourth-order valence-electron chi connectivity index (χ4n) is 3.10. The van der Waals surface area contributed by atoms with Gasteiger partial charge >= 0.3 is 0 Å². The van der Waals surface area contributed by atoms with Gasteiger partial charge in [-0.2, -0.15) is 0 Å². The quantitative estimate of drug-likeness (QED) is 0.846. The third kappa shape index (κ3) is 3.95. The zero-order chi connectivity index (χ0) is 19.6. The Kier molecular flexibility index (Phi) is 5.46. The summed E-state index contributed by atoms with van der Waals surface area (Å²) in [5, 5.41) is 5.89. The minimum absolute atomic E-state index is 0.0163. The second kappa shape index (κ2) is 7.80. The van der Waals surface area contributed by atoms with Gasteiger partial charge in [-0.1, -0.05) is 11.6 Å². The molecule has 3 rings (SSSR count). The number of hydrogen-bond donors (Lipinski definition) is 2. The van der Waals surface area contributed by atoms with Gasteiger partial charge in [-0.05, 0) is 55.3 Å². The summed E-state index contributed by atoms with van der Waals surface area (Å²) < 4.78 is 0. The molecule has 0 spiro atoms. The van der Waals surface area contributed by atoms with E-state index in [0.29, 0.717) is 40.5 Å². The highest BCUT2D eigenvalue weighted by Crippen LogP contribution is 2.29. The molecule has 2 aromatic rings. The highest BCUT2D eigenvalue weighted by molar-refractivity contribution is 6.31. The van der Waals surface area contributed by atoms with E-state index in [0.717, 1.165) is 12.0 Å². The lowest BCUT2D eigenvalue weighted by molar-refractivity contribution is -0.117. The van der Waals surface area contributed by atoms with Crippen molar-refractivity contribution in [2.45, 2.75) is 19.8 Å². The first-order valence-electron chi connectivity index (χ1n) is 8.64. The molecule has 6 nitrogen and oxygen atoms in total. The molecule has 0 bridgehead atoms. The van der Waals surface area contributed by atoms with Crippen LogP contribution in [0.1, 0.15) is 39.1 Å². The van der Waals surface area contributed by atoms with Gasteiger partial charge in [0.15, 0.2) is 0 Å². The summed E-state index contributed by atoms with van der Waals surface area (Å²) in [5.41, 5.74) is 2.77. The summed E-state index contributed by atoms with van der Waals surface area (Å²) in [6.07, 6.45) is 1.22. The van der Waals surface area contributed by atoms with Crippen LogP contribution < -0.4 is 15.5 Å². The van der Waals surface area contributed by atoms with Gasteiger partial charge < -0.3 is 15.5 Å². The number of amides is 3. The van der Waals surface area contributed by atoms with Gasteiger partial charge in [0.05, 0.1) is 11.3 Å². The highest BCUT2D eigenvalue weighted by atomic mass is 35.5. The average molecular weight is 386 g/mol. The van der Waals surface area contributed by atoms with E-state index in [9.17, 15) is 14.4 Å². The zero-order valence-electron chi connectivity index (χ0n) is 15.1. The van der Waals surface area contributed by atoms with Gasteiger partial charge in [-0.25, -0.2) is 0 Å². The van der Waals surface area contributed by atoms with Crippen molar-refractivity contribution in [2.75, 3.05) is 23.8 Å². The van der Waals surface area contributed by atoms with E-state index in [1.165, 1.54) is 0 Å². The number of hydrogen-bond acceptors (Lipinski definition) is 3. The number of carbonyl (C=O) groups is 3. The van der Waals surface area contributed by atoms with Crippen LogP contribution in [0.3, 0.4) is 0 Å². The summed E-state index contributed by atoms with van der Waals surface area (Å²) in [6, 6.07) is 9.93. The standard InChI is InChI=1S/C20H20ClN3O3/c1-12-10-13(19(26)22-2)5-8-16(12)23-20(27)15-7-6-14(21)11-17(15)24-9-3-4-18(24)25/h5-8,10-11H,3-4,9H2,1-2H3,(H,22,26)(H,23,27). The maximum Gasteiger partial charge on any atom is 0.257 e. The van der Waals surface area contributed by atoms with Crippen molar-refractivity contribution in [3.05, 3.63) is 58.1 Å². The summed E-state index contributed by atoms with van der Waals surface area (Å²) >= 11 is 6.09. The van der Waals surface area contributed by atoms with E-state index in [-0.39, 0.29) is 17.7 Å². The molecule has 0 atom stereocenters. The third-order valence-corrected chi connectivity index (χ3v) is 4.77. The fraction of sp³-hybridized carbons (Fsp3) is 0.250. The third-order valence-electron chi connectivity index (χ3n) is 4.53. The number of nitrogens with zero attached hydrogens (tertiary/aromatic N) is 1. The number of anilines is 2. The van der Waals surface area contributed by atoms with Crippen LogP contribution in [0.5, 0.6) is 0 Å². The van der Waals surface area contributed by atoms with Crippen LogP contribution in [0.4, 0.5) is 11.4 Å². The van der Waals surface area contributed by atoms with Crippen molar-refractivity contribution in [3.8, 4) is 0 Å². The molecule has 0 radical (unpaired) electrons. The van der Waals surface area contributed by atoms with Gasteiger partial charge in [0, 0.05) is 36.3 Å².